The largest absolute Gasteiger partial charge is 0.353 e. The Morgan fingerprint density at radius 2 is 2.33 bits per heavy atom. The summed E-state index contributed by atoms with van der Waals surface area (Å²) in [5, 5.41) is 4.33. The lowest BCUT2D eigenvalue weighted by molar-refractivity contribution is 0.440. The van der Waals surface area contributed by atoms with Gasteiger partial charge in [0.25, 0.3) is 0 Å². The van der Waals surface area contributed by atoms with Gasteiger partial charge in [-0.3, -0.25) is 0 Å². The van der Waals surface area contributed by atoms with Crippen LogP contribution in [0.3, 0.4) is 0 Å². The van der Waals surface area contributed by atoms with Gasteiger partial charge in [0.2, 0.25) is 5.58 Å². The maximum absolute atomic E-state index is 13.0. The molecular weight excluding hydrogens is 157 g/mol. The second kappa shape index (κ2) is 2.59. The predicted octanol–water partition coefficient (Wildman–Crippen LogP) is 2.53. The minimum Gasteiger partial charge on any atom is -0.353 e. The lowest BCUT2D eigenvalue weighted by atomic mass is 10.1. The molecule has 0 unspecified atom stereocenters. The summed E-state index contributed by atoms with van der Waals surface area (Å²) in [6.45, 7) is 2.01. The molecule has 3 heteroatoms. The quantitative estimate of drug-likeness (QED) is 0.649. The van der Waals surface area contributed by atoms with Crippen molar-refractivity contribution in [2.45, 2.75) is 13.3 Å². The van der Waals surface area contributed by atoms with E-state index in [2.05, 4.69) is 5.16 Å². The predicted molar refractivity (Wildman–Crippen MR) is 43.3 cm³/mol. The van der Waals surface area contributed by atoms with Crippen molar-refractivity contribution in [3.05, 3.63) is 29.7 Å². The highest BCUT2D eigenvalue weighted by molar-refractivity contribution is 5.80. The van der Waals surface area contributed by atoms with Crippen molar-refractivity contribution in [2.75, 3.05) is 0 Å². The van der Waals surface area contributed by atoms with Crippen LogP contribution < -0.4 is 0 Å². The number of aryl methyl sites for hydroxylation is 1. The van der Waals surface area contributed by atoms with Crippen molar-refractivity contribution >= 4 is 11.0 Å². The molecule has 0 spiro atoms. The lowest BCUT2D eigenvalue weighted by Crippen LogP contribution is -1.82. The van der Waals surface area contributed by atoms with Gasteiger partial charge in [-0.05, 0) is 18.1 Å². The van der Waals surface area contributed by atoms with Gasteiger partial charge in [-0.25, -0.2) is 4.39 Å². The molecule has 0 aliphatic heterocycles. The number of benzene rings is 1. The zero-order valence-corrected chi connectivity index (χ0v) is 6.67. The second-order valence-corrected chi connectivity index (χ2v) is 2.63. The van der Waals surface area contributed by atoms with E-state index in [1.807, 2.05) is 6.92 Å². The molecule has 12 heavy (non-hydrogen) atoms. The van der Waals surface area contributed by atoms with Gasteiger partial charge >= 0.3 is 0 Å². The highest BCUT2D eigenvalue weighted by atomic mass is 19.1. The van der Waals surface area contributed by atoms with Crippen molar-refractivity contribution in [2.24, 2.45) is 0 Å². The Kier molecular flexibility index (Phi) is 1.57. The fourth-order valence-corrected chi connectivity index (χ4v) is 1.29. The van der Waals surface area contributed by atoms with Crippen LogP contribution in [0.1, 0.15) is 12.5 Å². The molecule has 0 fully saturated rings. The summed E-state index contributed by atoms with van der Waals surface area (Å²) in [6, 6.07) is 3.17. The Bertz CT molecular complexity index is 408. The van der Waals surface area contributed by atoms with E-state index < -0.39 is 0 Å². The standard InChI is InChI=1S/C9H8FNO/c1-2-6-3-4-8(10)9-7(6)5-11-12-9/h3-5H,2H2,1H3. The highest BCUT2D eigenvalue weighted by Gasteiger charge is 2.07. The SMILES string of the molecule is CCc1ccc(F)c2oncc12. The fourth-order valence-electron chi connectivity index (χ4n) is 1.29. The van der Waals surface area contributed by atoms with Gasteiger partial charge in [0, 0.05) is 5.39 Å². The molecule has 0 atom stereocenters. The zero-order chi connectivity index (χ0) is 8.55. The molecule has 1 heterocycles. The van der Waals surface area contributed by atoms with Crippen LogP contribution in [0, 0.1) is 5.82 Å². The molecule has 2 nitrogen and oxygen atoms in total. The van der Waals surface area contributed by atoms with Gasteiger partial charge in [0.15, 0.2) is 5.82 Å². The van der Waals surface area contributed by atoms with Gasteiger partial charge in [0.1, 0.15) is 0 Å². The Balaban J connectivity index is 2.82. The van der Waals surface area contributed by atoms with Gasteiger partial charge in [-0.1, -0.05) is 18.1 Å². The summed E-state index contributed by atoms with van der Waals surface area (Å²) in [5.74, 6) is -0.347. The third-order valence-electron chi connectivity index (χ3n) is 1.95. The normalized spacial score (nSPS) is 10.8. The first-order valence-electron chi connectivity index (χ1n) is 3.84. The first-order chi connectivity index (χ1) is 5.83. The molecular formula is C9H8FNO. The van der Waals surface area contributed by atoms with Crippen molar-refractivity contribution in [3.63, 3.8) is 0 Å². The minimum atomic E-state index is -0.347. The van der Waals surface area contributed by atoms with E-state index in [4.69, 9.17) is 4.52 Å². The van der Waals surface area contributed by atoms with E-state index in [-0.39, 0.29) is 11.4 Å². The van der Waals surface area contributed by atoms with E-state index in [1.165, 1.54) is 6.07 Å². The molecule has 0 bridgehead atoms. The smallest absolute Gasteiger partial charge is 0.202 e. The molecule has 1 aromatic carbocycles. The lowest BCUT2D eigenvalue weighted by Gasteiger charge is -1.96. The van der Waals surface area contributed by atoms with Crippen molar-refractivity contribution < 1.29 is 8.91 Å². The molecule has 0 aliphatic rings. The van der Waals surface area contributed by atoms with Crippen LogP contribution >= 0.6 is 0 Å². The highest BCUT2D eigenvalue weighted by Crippen LogP contribution is 2.21. The number of hydrogen-bond acceptors (Lipinski definition) is 2. The second-order valence-electron chi connectivity index (χ2n) is 2.63. The third-order valence-corrected chi connectivity index (χ3v) is 1.95. The zero-order valence-electron chi connectivity index (χ0n) is 6.67. The number of rotatable bonds is 1. The number of hydrogen-bond donors (Lipinski definition) is 0. The number of aromatic nitrogens is 1. The van der Waals surface area contributed by atoms with Gasteiger partial charge in [0.05, 0.1) is 6.20 Å². The maximum atomic E-state index is 13.0. The first-order valence-corrected chi connectivity index (χ1v) is 3.84. The van der Waals surface area contributed by atoms with Crippen LogP contribution in [0.2, 0.25) is 0 Å². The van der Waals surface area contributed by atoms with Crippen molar-refractivity contribution in [1.82, 2.24) is 5.16 Å². The van der Waals surface area contributed by atoms with E-state index in [0.29, 0.717) is 0 Å². The van der Waals surface area contributed by atoms with Crippen molar-refractivity contribution in [1.29, 1.82) is 0 Å². The Morgan fingerprint density at radius 3 is 3.08 bits per heavy atom. The van der Waals surface area contributed by atoms with E-state index in [1.54, 1.807) is 12.3 Å². The summed E-state index contributed by atoms with van der Waals surface area (Å²) in [6.07, 6.45) is 2.41. The van der Waals surface area contributed by atoms with Crippen LogP contribution in [0.15, 0.2) is 22.9 Å². The Hall–Kier alpha value is -1.38. The molecule has 0 N–H and O–H groups in total. The topological polar surface area (TPSA) is 26.0 Å². The fraction of sp³-hybridized carbons (Fsp3) is 0.222. The van der Waals surface area contributed by atoms with Crippen LogP contribution in [0.5, 0.6) is 0 Å². The molecule has 2 rings (SSSR count). The third kappa shape index (κ3) is 0.897. The van der Waals surface area contributed by atoms with Crippen molar-refractivity contribution in [3.8, 4) is 0 Å². The average molecular weight is 165 g/mol. The Labute approximate surface area is 69.0 Å². The maximum Gasteiger partial charge on any atom is 0.202 e. The number of halogens is 1. The van der Waals surface area contributed by atoms with Crippen LogP contribution in [0.25, 0.3) is 11.0 Å². The van der Waals surface area contributed by atoms with Crippen LogP contribution in [-0.4, -0.2) is 5.16 Å². The number of nitrogens with zero attached hydrogens (tertiary/aromatic N) is 1. The average Bonchev–Trinajstić information content (AvgIpc) is 2.54. The molecule has 0 aliphatic carbocycles. The molecule has 1 aromatic heterocycles. The molecule has 2 aromatic rings. The molecule has 62 valence electrons. The Morgan fingerprint density at radius 1 is 1.50 bits per heavy atom. The van der Waals surface area contributed by atoms with Gasteiger partial charge in [-0.2, -0.15) is 0 Å². The summed E-state index contributed by atoms with van der Waals surface area (Å²) in [7, 11) is 0. The van der Waals surface area contributed by atoms with E-state index in [9.17, 15) is 4.39 Å². The van der Waals surface area contributed by atoms with E-state index >= 15 is 0 Å². The van der Waals surface area contributed by atoms with E-state index in [0.717, 1.165) is 17.4 Å². The van der Waals surface area contributed by atoms with Crippen LogP contribution in [-0.2, 0) is 6.42 Å². The molecule has 0 saturated carbocycles. The summed E-state index contributed by atoms with van der Waals surface area (Å²) >= 11 is 0. The monoisotopic (exact) mass is 165 g/mol. The van der Waals surface area contributed by atoms with Crippen LogP contribution in [0.4, 0.5) is 4.39 Å². The number of fused-ring (bicyclic) bond motifs is 1. The first kappa shape index (κ1) is 7.28. The molecule has 0 amide bonds. The summed E-state index contributed by atoms with van der Waals surface area (Å²) < 4.78 is 17.8. The summed E-state index contributed by atoms with van der Waals surface area (Å²) in [4.78, 5) is 0. The summed E-state index contributed by atoms with van der Waals surface area (Å²) in [5.41, 5.74) is 1.32. The van der Waals surface area contributed by atoms with Gasteiger partial charge < -0.3 is 4.52 Å². The minimum absolute atomic E-state index is 0.259. The molecule has 0 saturated heterocycles. The molecule has 0 radical (unpaired) electrons. The van der Waals surface area contributed by atoms with Gasteiger partial charge in [-0.15, -0.1) is 0 Å².